The van der Waals surface area contributed by atoms with Crippen molar-refractivity contribution in [2.45, 2.75) is 23.4 Å². The lowest BCUT2D eigenvalue weighted by Crippen LogP contribution is -2.22. The Morgan fingerprint density at radius 2 is 2.13 bits per heavy atom. The highest BCUT2D eigenvalue weighted by atomic mass is 35.5. The highest BCUT2D eigenvalue weighted by molar-refractivity contribution is 8.03. The van der Waals surface area contributed by atoms with Crippen LogP contribution >= 0.6 is 23.4 Å². The maximum atomic E-state index is 14.9. The van der Waals surface area contributed by atoms with Gasteiger partial charge < -0.3 is 14.2 Å². The Morgan fingerprint density at radius 1 is 1.30 bits per heavy atom. The van der Waals surface area contributed by atoms with Gasteiger partial charge in [0.1, 0.15) is 40.7 Å². The van der Waals surface area contributed by atoms with Gasteiger partial charge in [-0.15, -0.1) is 0 Å². The topological polar surface area (TPSA) is 85.5 Å². The minimum atomic E-state index is -1.10. The molecule has 4 rings (SSSR count). The van der Waals surface area contributed by atoms with E-state index in [1.165, 1.54) is 23.1 Å². The number of thiocyanates is 1. The van der Waals surface area contributed by atoms with Crippen molar-refractivity contribution in [1.29, 1.82) is 5.26 Å². The summed E-state index contributed by atoms with van der Waals surface area (Å²) in [5, 5.41) is 15.9. The number of nitrogens with zero attached hydrogens (tertiary/aromatic N) is 4. The number of hydrogen-bond donors (Lipinski definition) is 0. The Kier molecular flexibility index (Phi) is 5.56. The minimum absolute atomic E-state index is 0.133. The fourth-order valence-corrected chi connectivity index (χ4v) is 4.03. The highest BCUT2D eigenvalue weighted by Crippen LogP contribution is 2.60. The van der Waals surface area contributed by atoms with E-state index in [0.717, 1.165) is 17.3 Å². The predicted octanol–water partition coefficient (Wildman–Crippen LogP) is 4.33. The number of ether oxygens (including phenoxy) is 3. The Labute approximate surface area is 181 Å². The predicted molar refractivity (Wildman–Crippen MR) is 108 cm³/mol. The van der Waals surface area contributed by atoms with Crippen LogP contribution in [-0.2, 0) is 16.9 Å². The number of methoxy groups -OCH3 is 2. The Bertz CT molecular complexity index is 1140. The number of thioether (sulfide) groups is 1. The summed E-state index contributed by atoms with van der Waals surface area (Å²) in [6.07, 6.45) is 0.808. The molecule has 3 aromatic rings. The fraction of sp³-hybridized carbons (Fsp3) is 0.250. The van der Waals surface area contributed by atoms with Crippen molar-refractivity contribution in [1.82, 2.24) is 14.8 Å². The Balaban J connectivity index is 1.80. The summed E-state index contributed by atoms with van der Waals surface area (Å²) >= 11 is 7.03. The molecule has 0 N–H and O–H groups in total. The molecule has 1 aliphatic heterocycles. The number of benzene rings is 2. The average Bonchev–Trinajstić information content (AvgIpc) is 3.31. The highest BCUT2D eigenvalue weighted by Gasteiger charge is 2.61. The molecule has 7 nitrogen and oxygen atoms in total. The molecular formula is C20H16ClFN4O3S. The first-order valence-electron chi connectivity index (χ1n) is 8.81. The van der Waals surface area contributed by atoms with Crippen molar-refractivity contribution in [2.24, 2.45) is 0 Å². The van der Waals surface area contributed by atoms with E-state index in [9.17, 15) is 4.39 Å². The van der Waals surface area contributed by atoms with Crippen molar-refractivity contribution in [3.8, 4) is 16.9 Å². The van der Waals surface area contributed by atoms with Crippen molar-refractivity contribution >= 4 is 23.4 Å². The first-order valence-corrected chi connectivity index (χ1v) is 10.0. The van der Waals surface area contributed by atoms with Gasteiger partial charge in [0.05, 0.1) is 20.8 Å². The van der Waals surface area contributed by atoms with Crippen LogP contribution in [0.5, 0.6) is 11.5 Å². The zero-order valence-corrected chi connectivity index (χ0v) is 17.6. The van der Waals surface area contributed by atoms with Crippen molar-refractivity contribution in [2.75, 3.05) is 14.2 Å². The second-order valence-corrected chi connectivity index (χ2v) is 7.70. The quantitative estimate of drug-likeness (QED) is 0.303. The van der Waals surface area contributed by atoms with Gasteiger partial charge in [-0.1, -0.05) is 11.6 Å². The summed E-state index contributed by atoms with van der Waals surface area (Å²) in [5.74, 6) is 0.720. The number of aromatic nitrogens is 3. The summed E-state index contributed by atoms with van der Waals surface area (Å²) in [4.78, 5) is 4.08. The summed E-state index contributed by atoms with van der Waals surface area (Å²) in [5.41, 5.74) is -0.0801. The van der Waals surface area contributed by atoms with Gasteiger partial charge in [0.25, 0.3) is 0 Å². The lowest BCUT2D eigenvalue weighted by molar-refractivity contribution is 0.250. The number of nitriles is 1. The number of epoxide rings is 1. The lowest BCUT2D eigenvalue weighted by Gasteiger charge is -2.17. The van der Waals surface area contributed by atoms with Gasteiger partial charge in [-0.05, 0) is 30.3 Å². The second kappa shape index (κ2) is 8.14. The zero-order valence-electron chi connectivity index (χ0n) is 16.0. The maximum absolute atomic E-state index is 14.9. The molecule has 1 aromatic heterocycles. The average molecular weight is 447 g/mol. The number of hydrogen-bond acceptors (Lipinski definition) is 7. The molecule has 0 saturated carbocycles. The zero-order chi connectivity index (χ0) is 21.3. The van der Waals surface area contributed by atoms with E-state index >= 15 is 0 Å². The molecule has 0 amide bonds. The van der Waals surface area contributed by atoms with E-state index in [2.05, 4.69) is 10.1 Å². The first-order chi connectivity index (χ1) is 14.5. The molecule has 0 aliphatic carbocycles. The standard InChI is InChI=1S/C20H16ClFN4O3S/c1-27-13-4-5-14(17(8-13)28-2)18-20(29-18,15-7-12(21)3-6-16(15)22)9-26-19(30-10-23)24-11-25-26/h3-8,11,18H,9H2,1-2H3. The molecule has 2 unspecified atom stereocenters. The number of halogens is 2. The second-order valence-electron chi connectivity index (χ2n) is 6.51. The summed E-state index contributed by atoms with van der Waals surface area (Å²) in [7, 11) is 3.11. The van der Waals surface area contributed by atoms with Crippen LogP contribution in [0, 0.1) is 16.5 Å². The van der Waals surface area contributed by atoms with E-state index < -0.39 is 17.5 Å². The van der Waals surface area contributed by atoms with Crippen molar-refractivity contribution in [3.63, 3.8) is 0 Å². The van der Waals surface area contributed by atoms with E-state index in [4.69, 9.17) is 31.1 Å². The summed E-state index contributed by atoms with van der Waals surface area (Å²) in [6, 6.07) is 9.66. The van der Waals surface area contributed by atoms with Gasteiger partial charge in [-0.2, -0.15) is 10.4 Å². The SMILES string of the molecule is COc1ccc(C2OC2(Cn2ncnc2SC#N)c2cc(Cl)ccc2F)c(OC)c1. The number of rotatable bonds is 7. The molecule has 0 radical (unpaired) electrons. The van der Waals surface area contributed by atoms with Crippen LogP contribution < -0.4 is 9.47 Å². The molecule has 2 aromatic carbocycles. The van der Waals surface area contributed by atoms with Gasteiger partial charge in [0.15, 0.2) is 0 Å². The third-order valence-corrected chi connectivity index (χ3v) is 5.73. The molecule has 10 heteroatoms. The van der Waals surface area contributed by atoms with Crippen LogP contribution in [0.25, 0.3) is 0 Å². The molecule has 1 aliphatic rings. The van der Waals surface area contributed by atoms with Gasteiger partial charge >= 0.3 is 0 Å². The van der Waals surface area contributed by atoms with Gasteiger partial charge in [-0.3, -0.25) is 0 Å². The van der Waals surface area contributed by atoms with E-state index in [0.29, 0.717) is 27.2 Å². The smallest absolute Gasteiger partial charge is 0.200 e. The summed E-state index contributed by atoms with van der Waals surface area (Å²) in [6.45, 7) is 0.133. The van der Waals surface area contributed by atoms with E-state index in [1.807, 2.05) is 11.5 Å². The van der Waals surface area contributed by atoms with Crippen LogP contribution in [0.15, 0.2) is 47.9 Å². The fourth-order valence-electron chi connectivity index (χ4n) is 3.46. The van der Waals surface area contributed by atoms with Gasteiger partial charge in [0.2, 0.25) is 5.16 Å². The van der Waals surface area contributed by atoms with Crippen LogP contribution in [0.1, 0.15) is 17.2 Å². The molecule has 1 fully saturated rings. The normalized spacial score (nSPS) is 19.9. The summed E-state index contributed by atoms with van der Waals surface area (Å²) < 4.78 is 33.3. The van der Waals surface area contributed by atoms with E-state index in [1.54, 1.807) is 32.4 Å². The Hall–Kier alpha value is -2.80. The van der Waals surface area contributed by atoms with Crippen molar-refractivity contribution in [3.05, 3.63) is 64.7 Å². The van der Waals surface area contributed by atoms with Crippen LogP contribution in [0.3, 0.4) is 0 Å². The molecule has 1 saturated heterocycles. The van der Waals surface area contributed by atoms with Crippen LogP contribution in [-0.4, -0.2) is 29.0 Å². The third kappa shape index (κ3) is 3.58. The Morgan fingerprint density at radius 3 is 2.87 bits per heavy atom. The molecule has 154 valence electrons. The minimum Gasteiger partial charge on any atom is -0.497 e. The third-order valence-electron chi connectivity index (χ3n) is 4.90. The van der Waals surface area contributed by atoms with E-state index in [-0.39, 0.29) is 6.54 Å². The van der Waals surface area contributed by atoms with Crippen LogP contribution in [0.2, 0.25) is 5.02 Å². The first kappa shape index (κ1) is 20.5. The molecular weight excluding hydrogens is 431 g/mol. The molecule has 0 spiro atoms. The molecule has 30 heavy (non-hydrogen) atoms. The largest absolute Gasteiger partial charge is 0.497 e. The van der Waals surface area contributed by atoms with Crippen molar-refractivity contribution < 1.29 is 18.6 Å². The van der Waals surface area contributed by atoms with Gasteiger partial charge in [-0.25, -0.2) is 14.1 Å². The maximum Gasteiger partial charge on any atom is 0.200 e. The lowest BCUT2D eigenvalue weighted by atomic mass is 9.90. The molecule has 2 atom stereocenters. The monoisotopic (exact) mass is 446 g/mol. The van der Waals surface area contributed by atoms with Gasteiger partial charge in [0, 0.05) is 34.0 Å². The van der Waals surface area contributed by atoms with Crippen LogP contribution in [0.4, 0.5) is 4.39 Å². The molecule has 0 bridgehead atoms. The molecule has 2 heterocycles.